The zero-order valence-electron chi connectivity index (χ0n) is 11.5. The summed E-state index contributed by atoms with van der Waals surface area (Å²) < 4.78 is 30.7. The lowest BCUT2D eigenvalue weighted by molar-refractivity contribution is -0.122. The van der Waals surface area contributed by atoms with Crippen molar-refractivity contribution in [2.45, 2.75) is 31.9 Å². The molecule has 1 aromatic rings. The van der Waals surface area contributed by atoms with E-state index in [0.29, 0.717) is 13.0 Å². The minimum absolute atomic E-state index is 0.216. The van der Waals surface area contributed by atoms with Crippen molar-refractivity contribution >= 4 is 5.91 Å². The van der Waals surface area contributed by atoms with Gasteiger partial charge in [-0.15, -0.1) is 0 Å². The monoisotopic (exact) mass is 287 g/mol. The standard InChI is InChI=1S/C14H19F2NO3/c1-9(17-13(18)4-3-7-20-2)14(19)10-5-6-11(15)12(16)8-10/h5-6,8-9,14,19H,3-4,7H2,1-2H3,(H,17,18). The number of aliphatic hydroxyl groups excluding tert-OH is 1. The Hall–Kier alpha value is -1.53. The minimum Gasteiger partial charge on any atom is -0.386 e. The molecule has 1 rings (SSSR count). The van der Waals surface area contributed by atoms with Crippen molar-refractivity contribution in [2.75, 3.05) is 13.7 Å². The molecule has 112 valence electrons. The number of ether oxygens (including phenoxy) is 1. The topological polar surface area (TPSA) is 58.6 Å². The summed E-state index contributed by atoms with van der Waals surface area (Å²) in [5.74, 6) is -2.23. The van der Waals surface area contributed by atoms with E-state index in [1.54, 1.807) is 14.0 Å². The minimum atomic E-state index is -1.10. The van der Waals surface area contributed by atoms with E-state index in [2.05, 4.69) is 5.32 Å². The third-order valence-electron chi connectivity index (χ3n) is 2.90. The second-order valence-electron chi connectivity index (χ2n) is 4.57. The number of hydrogen-bond acceptors (Lipinski definition) is 3. The molecular formula is C14H19F2NO3. The van der Waals surface area contributed by atoms with Crippen LogP contribution in [0.3, 0.4) is 0 Å². The number of hydrogen-bond donors (Lipinski definition) is 2. The summed E-state index contributed by atoms with van der Waals surface area (Å²) in [7, 11) is 1.55. The van der Waals surface area contributed by atoms with Gasteiger partial charge in [0.2, 0.25) is 5.91 Å². The number of amides is 1. The number of benzene rings is 1. The van der Waals surface area contributed by atoms with Gasteiger partial charge in [-0.05, 0) is 31.0 Å². The van der Waals surface area contributed by atoms with Crippen molar-refractivity contribution in [3.05, 3.63) is 35.4 Å². The highest BCUT2D eigenvalue weighted by molar-refractivity contribution is 5.76. The Balaban J connectivity index is 2.55. The lowest BCUT2D eigenvalue weighted by Gasteiger charge is -2.20. The molecule has 0 aliphatic carbocycles. The van der Waals surface area contributed by atoms with Gasteiger partial charge in [0.25, 0.3) is 0 Å². The zero-order valence-corrected chi connectivity index (χ0v) is 11.5. The Morgan fingerprint density at radius 2 is 2.10 bits per heavy atom. The smallest absolute Gasteiger partial charge is 0.220 e. The Kier molecular flexibility index (Phi) is 6.54. The van der Waals surface area contributed by atoms with Crippen LogP contribution < -0.4 is 5.32 Å². The number of halogens is 2. The van der Waals surface area contributed by atoms with Crippen LogP contribution in [0.5, 0.6) is 0 Å². The number of methoxy groups -OCH3 is 1. The SMILES string of the molecule is COCCCC(=O)NC(C)C(O)c1ccc(F)c(F)c1. The molecule has 0 bridgehead atoms. The van der Waals surface area contributed by atoms with E-state index in [9.17, 15) is 18.7 Å². The molecule has 1 aromatic carbocycles. The van der Waals surface area contributed by atoms with Gasteiger partial charge in [-0.2, -0.15) is 0 Å². The predicted molar refractivity (Wildman–Crippen MR) is 70.0 cm³/mol. The molecule has 1 amide bonds. The molecule has 2 N–H and O–H groups in total. The number of rotatable bonds is 7. The van der Waals surface area contributed by atoms with Gasteiger partial charge < -0.3 is 15.2 Å². The first-order valence-electron chi connectivity index (χ1n) is 6.37. The van der Waals surface area contributed by atoms with Crippen LogP contribution in [0, 0.1) is 11.6 Å². The number of aliphatic hydroxyl groups is 1. The molecule has 0 aromatic heterocycles. The molecule has 0 spiro atoms. The fourth-order valence-electron chi connectivity index (χ4n) is 1.77. The molecule has 0 saturated carbocycles. The average molecular weight is 287 g/mol. The highest BCUT2D eigenvalue weighted by atomic mass is 19.2. The Bertz CT molecular complexity index is 454. The van der Waals surface area contributed by atoms with Crippen LogP contribution in [0.2, 0.25) is 0 Å². The van der Waals surface area contributed by atoms with E-state index in [4.69, 9.17) is 4.74 Å². The molecule has 0 saturated heterocycles. The van der Waals surface area contributed by atoms with Gasteiger partial charge in [0.05, 0.1) is 12.1 Å². The Labute approximate surface area is 116 Å². The van der Waals surface area contributed by atoms with Gasteiger partial charge in [0, 0.05) is 20.1 Å². The lowest BCUT2D eigenvalue weighted by Crippen LogP contribution is -2.37. The van der Waals surface area contributed by atoms with E-state index in [1.165, 1.54) is 6.07 Å². The van der Waals surface area contributed by atoms with E-state index in [-0.39, 0.29) is 17.9 Å². The maximum atomic E-state index is 13.1. The molecule has 0 aliphatic heterocycles. The Morgan fingerprint density at radius 1 is 1.40 bits per heavy atom. The fraction of sp³-hybridized carbons (Fsp3) is 0.500. The average Bonchev–Trinajstić information content (AvgIpc) is 2.41. The van der Waals surface area contributed by atoms with Crippen LogP contribution in [0.15, 0.2) is 18.2 Å². The normalized spacial score (nSPS) is 13.8. The maximum absolute atomic E-state index is 13.1. The van der Waals surface area contributed by atoms with Crippen molar-refractivity contribution in [2.24, 2.45) is 0 Å². The zero-order chi connectivity index (χ0) is 15.1. The molecule has 2 unspecified atom stereocenters. The summed E-state index contributed by atoms with van der Waals surface area (Å²) in [6, 6.07) is 2.56. The molecule has 6 heteroatoms. The van der Waals surface area contributed by atoms with E-state index < -0.39 is 23.8 Å². The van der Waals surface area contributed by atoms with Gasteiger partial charge >= 0.3 is 0 Å². The first kappa shape index (κ1) is 16.5. The quantitative estimate of drug-likeness (QED) is 0.753. The first-order valence-corrected chi connectivity index (χ1v) is 6.37. The molecule has 0 heterocycles. The first-order chi connectivity index (χ1) is 9.45. The molecule has 0 radical (unpaired) electrons. The van der Waals surface area contributed by atoms with Crippen LogP contribution in [-0.2, 0) is 9.53 Å². The van der Waals surface area contributed by atoms with Crippen molar-refractivity contribution in [3.8, 4) is 0 Å². The molecule has 4 nitrogen and oxygen atoms in total. The van der Waals surface area contributed by atoms with Gasteiger partial charge in [-0.3, -0.25) is 4.79 Å². The summed E-state index contributed by atoms with van der Waals surface area (Å²) in [6.45, 7) is 2.08. The number of carbonyl (C=O) groups excluding carboxylic acids is 1. The highest BCUT2D eigenvalue weighted by Gasteiger charge is 2.19. The Morgan fingerprint density at radius 3 is 2.70 bits per heavy atom. The van der Waals surface area contributed by atoms with E-state index >= 15 is 0 Å². The van der Waals surface area contributed by atoms with Crippen molar-refractivity contribution in [3.63, 3.8) is 0 Å². The van der Waals surface area contributed by atoms with Crippen LogP contribution in [0.1, 0.15) is 31.4 Å². The summed E-state index contributed by atoms with van der Waals surface area (Å²) >= 11 is 0. The summed E-state index contributed by atoms with van der Waals surface area (Å²) in [5.41, 5.74) is 0.216. The number of nitrogens with one attached hydrogen (secondary N) is 1. The van der Waals surface area contributed by atoms with Crippen molar-refractivity contribution in [1.29, 1.82) is 0 Å². The van der Waals surface area contributed by atoms with Crippen molar-refractivity contribution in [1.82, 2.24) is 5.32 Å². The lowest BCUT2D eigenvalue weighted by atomic mass is 10.0. The van der Waals surface area contributed by atoms with Gasteiger partial charge in [0.1, 0.15) is 0 Å². The van der Waals surface area contributed by atoms with Crippen LogP contribution in [0.4, 0.5) is 8.78 Å². The largest absolute Gasteiger partial charge is 0.386 e. The van der Waals surface area contributed by atoms with Crippen LogP contribution in [0.25, 0.3) is 0 Å². The van der Waals surface area contributed by atoms with Crippen molar-refractivity contribution < 1.29 is 23.4 Å². The summed E-state index contributed by atoms with van der Waals surface area (Å²) in [4.78, 5) is 11.6. The third-order valence-corrected chi connectivity index (χ3v) is 2.90. The summed E-state index contributed by atoms with van der Waals surface area (Å²) in [6.07, 6.45) is -0.240. The molecule has 0 fully saturated rings. The number of carbonyl (C=O) groups is 1. The van der Waals surface area contributed by atoms with Gasteiger partial charge in [-0.25, -0.2) is 8.78 Å². The second-order valence-corrected chi connectivity index (χ2v) is 4.57. The highest BCUT2D eigenvalue weighted by Crippen LogP contribution is 2.19. The van der Waals surface area contributed by atoms with E-state index in [0.717, 1.165) is 12.1 Å². The van der Waals surface area contributed by atoms with Crippen LogP contribution in [-0.4, -0.2) is 30.8 Å². The molecule has 0 aliphatic rings. The second kappa shape index (κ2) is 7.91. The molecular weight excluding hydrogens is 268 g/mol. The molecule has 2 atom stereocenters. The van der Waals surface area contributed by atoms with E-state index in [1.807, 2.05) is 0 Å². The van der Waals surface area contributed by atoms with Crippen LogP contribution >= 0.6 is 0 Å². The van der Waals surface area contributed by atoms with Gasteiger partial charge in [-0.1, -0.05) is 6.07 Å². The maximum Gasteiger partial charge on any atom is 0.220 e. The van der Waals surface area contributed by atoms with Gasteiger partial charge in [0.15, 0.2) is 11.6 Å². The fourth-order valence-corrected chi connectivity index (χ4v) is 1.77. The third kappa shape index (κ3) is 4.86. The molecule has 20 heavy (non-hydrogen) atoms. The summed E-state index contributed by atoms with van der Waals surface area (Å²) in [5, 5.41) is 12.6. The predicted octanol–water partition coefficient (Wildman–Crippen LogP) is 1.93.